The first-order chi connectivity index (χ1) is 24.4. The van der Waals surface area contributed by atoms with Crippen LogP contribution in [0.2, 0.25) is 0 Å². The summed E-state index contributed by atoms with van der Waals surface area (Å²) in [5, 5.41) is 5.55. The third-order valence-electron chi connectivity index (χ3n) is 8.69. The quantitative estimate of drug-likeness (QED) is 0.190. The lowest BCUT2D eigenvalue weighted by Gasteiger charge is -2.20. The average molecular weight is 578 g/mol. The van der Waals surface area contributed by atoms with E-state index in [0.717, 1.165) is 65.7 Å². The number of hydrogen-bond acceptors (Lipinski definition) is 1. The maximum Gasteiger partial charge on any atom is 0.136 e. The van der Waals surface area contributed by atoms with E-state index in [1.807, 2.05) is 78.9 Å². The Morgan fingerprint density at radius 1 is 0.356 bits per heavy atom. The van der Waals surface area contributed by atoms with Crippen molar-refractivity contribution in [1.82, 2.24) is 0 Å². The Labute approximate surface area is 268 Å². The second-order valence-corrected chi connectivity index (χ2v) is 11.2. The highest BCUT2D eigenvalue weighted by Crippen LogP contribution is 2.50. The molecule has 1 heteroatoms. The van der Waals surface area contributed by atoms with E-state index >= 15 is 0 Å². The Morgan fingerprint density at radius 2 is 0.889 bits per heavy atom. The number of furan rings is 1. The minimum absolute atomic E-state index is 0.105. The summed E-state index contributed by atoms with van der Waals surface area (Å²) >= 11 is 0. The zero-order valence-corrected chi connectivity index (χ0v) is 24.2. The highest BCUT2D eigenvalue weighted by atomic mass is 16.3. The molecule has 1 aromatic heterocycles. The van der Waals surface area contributed by atoms with Crippen LogP contribution < -0.4 is 0 Å². The van der Waals surface area contributed by atoms with Gasteiger partial charge in [-0.2, -0.15) is 0 Å². The van der Waals surface area contributed by atoms with Crippen LogP contribution in [0.15, 0.2) is 174 Å². The van der Waals surface area contributed by atoms with E-state index in [1.165, 1.54) is 0 Å². The Kier molecular flexibility index (Phi) is 4.81. The van der Waals surface area contributed by atoms with Gasteiger partial charge in [0, 0.05) is 16.3 Å². The lowest BCUT2D eigenvalue weighted by Crippen LogP contribution is -1.93. The molecule has 0 bridgehead atoms. The Bertz CT molecular complexity index is 2720. The van der Waals surface area contributed by atoms with Crippen molar-refractivity contribution in [1.29, 1.82) is 0 Å². The van der Waals surface area contributed by atoms with Crippen molar-refractivity contribution >= 4 is 43.5 Å². The summed E-state index contributed by atoms with van der Waals surface area (Å²) in [7, 11) is 0. The van der Waals surface area contributed by atoms with Gasteiger partial charge in [-0.1, -0.05) is 158 Å². The highest BCUT2D eigenvalue weighted by Gasteiger charge is 2.23. The number of rotatable bonds is 4. The molecule has 0 aliphatic carbocycles. The van der Waals surface area contributed by atoms with E-state index < -0.39 is 0 Å². The van der Waals surface area contributed by atoms with Gasteiger partial charge >= 0.3 is 0 Å². The monoisotopic (exact) mass is 577 g/mol. The first-order valence-corrected chi connectivity index (χ1v) is 15.0. The van der Waals surface area contributed by atoms with Crippen LogP contribution in [-0.2, 0) is 0 Å². The standard InChI is InChI=1S/C44H28O/c1-3-13-29(14-4-1)30-23-25-32(26-24-30)41-34-17-7-9-19-36(34)42(37-20-10-8-18-35(37)41)44-33(31-15-5-2-6-16-31)27-28-40-43(44)38-21-11-12-22-39(38)45-40/h1-28H/i1D,23D,24D,25D,26D. The highest BCUT2D eigenvalue weighted by molar-refractivity contribution is 6.27. The molecule has 210 valence electrons. The molecular formula is C44H28O. The number of para-hydroxylation sites is 1. The third kappa shape index (κ3) is 4.09. The predicted molar refractivity (Wildman–Crippen MR) is 190 cm³/mol. The first-order valence-electron chi connectivity index (χ1n) is 17.5. The minimum Gasteiger partial charge on any atom is -0.456 e. The average Bonchev–Trinajstić information content (AvgIpc) is 3.54. The van der Waals surface area contributed by atoms with Gasteiger partial charge in [0.1, 0.15) is 11.2 Å². The molecule has 1 nitrogen and oxygen atoms in total. The van der Waals surface area contributed by atoms with Crippen LogP contribution in [0.3, 0.4) is 0 Å². The van der Waals surface area contributed by atoms with E-state index in [1.54, 1.807) is 24.3 Å². The Morgan fingerprint density at radius 3 is 1.56 bits per heavy atom. The van der Waals surface area contributed by atoms with Gasteiger partial charge in [-0.25, -0.2) is 0 Å². The Hall–Kier alpha value is -5.92. The van der Waals surface area contributed by atoms with Crippen LogP contribution in [0.4, 0.5) is 0 Å². The van der Waals surface area contributed by atoms with Gasteiger partial charge in [0.05, 0.1) is 6.85 Å². The van der Waals surface area contributed by atoms with Crippen LogP contribution >= 0.6 is 0 Å². The van der Waals surface area contributed by atoms with Crippen LogP contribution in [0, 0.1) is 0 Å². The fourth-order valence-electron chi connectivity index (χ4n) is 6.74. The van der Waals surface area contributed by atoms with E-state index in [0.29, 0.717) is 17.2 Å². The lowest BCUT2D eigenvalue weighted by atomic mass is 9.82. The maximum atomic E-state index is 9.35. The van der Waals surface area contributed by atoms with Crippen LogP contribution in [0.1, 0.15) is 6.85 Å². The number of hydrogen-bond donors (Lipinski definition) is 0. The number of fused-ring (bicyclic) bond motifs is 5. The van der Waals surface area contributed by atoms with E-state index in [9.17, 15) is 2.74 Å². The van der Waals surface area contributed by atoms with Crippen LogP contribution in [0.5, 0.6) is 0 Å². The molecule has 0 aliphatic heterocycles. The fraction of sp³-hybridized carbons (Fsp3) is 0. The molecule has 0 spiro atoms. The summed E-state index contributed by atoms with van der Waals surface area (Å²) < 4.78 is 51.3. The topological polar surface area (TPSA) is 13.1 Å². The predicted octanol–water partition coefficient (Wildman–Crippen LogP) is 12.6. The smallest absolute Gasteiger partial charge is 0.136 e. The SMILES string of the molecule is [2H]c1ccc(-c2c([2H])c([2H])c(-c3c4ccccc4c(-c4c(-c5ccccc5)ccc5oc6ccccc6c45)c4ccccc34)c([2H])c2[2H])cc1. The molecule has 0 N–H and O–H groups in total. The molecule has 0 unspecified atom stereocenters. The van der Waals surface area contributed by atoms with Gasteiger partial charge in [-0.15, -0.1) is 0 Å². The molecule has 9 aromatic rings. The molecule has 9 rings (SSSR count). The molecule has 0 radical (unpaired) electrons. The molecule has 45 heavy (non-hydrogen) atoms. The second-order valence-electron chi connectivity index (χ2n) is 11.2. The maximum absolute atomic E-state index is 9.35. The van der Waals surface area contributed by atoms with E-state index in [4.69, 9.17) is 8.53 Å². The normalized spacial score (nSPS) is 13.1. The van der Waals surface area contributed by atoms with Crippen molar-refractivity contribution in [2.45, 2.75) is 0 Å². The summed E-state index contributed by atoms with van der Waals surface area (Å²) in [6, 6.07) is 45.2. The molecule has 0 atom stereocenters. The third-order valence-corrected chi connectivity index (χ3v) is 8.69. The Balaban J connectivity index is 1.45. The summed E-state index contributed by atoms with van der Waals surface area (Å²) in [6.45, 7) is 0. The lowest BCUT2D eigenvalue weighted by molar-refractivity contribution is 0.669. The van der Waals surface area contributed by atoms with Crippen molar-refractivity contribution in [3.05, 3.63) is 170 Å². The van der Waals surface area contributed by atoms with Gasteiger partial charge in [-0.05, 0) is 72.6 Å². The van der Waals surface area contributed by atoms with Crippen molar-refractivity contribution in [2.75, 3.05) is 0 Å². The number of benzene rings is 8. The summed E-state index contributed by atoms with van der Waals surface area (Å²) in [6.07, 6.45) is 0. The van der Waals surface area contributed by atoms with E-state index in [-0.39, 0.29) is 35.3 Å². The molecule has 0 saturated heterocycles. The molecule has 0 amide bonds. The zero-order valence-electron chi connectivity index (χ0n) is 29.2. The fourth-order valence-corrected chi connectivity index (χ4v) is 6.74. The first kappa shape index (κ1) is 20.9. The van der Waals surface area contributed by atoms with Crippen molar-refractivity contribution in [3.63, 3.8) is 0 Å². The summed E-state index contributed by atoms with van der Waals surface area (Å²) in [5.74, 6) is 0. The van der Waals surface area contributed by atoms with Gasteiger partial charge < -0.3 is 4.42 Å². The molecule has 0 fully saturated rings. The van der Waals surface area contributed by atoms with Crippen molar-refractivity contribution < 1.29 is 11.3 Å². The second kappa shape index (κ2) is 10.4. The minimum atomic E-state index is -0.114. The molecule has 1 heterocycles. The van der Waals surface area contributed by atoms with Gasteiger partial charge in [0.25, 0.3) is 0 Å². The van der Waals surface area contributed by atoms with Gasteiger partial charge in [0.15, 0.2) is 0 Å². The largest absolute Gasteiger partial charge is 0.456 e. The van der Waals surface area contributed by atoms with Gasteiger partial charge in [0.2, 0.25) is 0 Å². The zero-order chi connectivity index (χ0) is 34.1. The van der Waals surface area contributed by atoms with Gasteiger partial charge in [-0.3, -0.25) is 0 Å². The van der Waals surface area contributed by atoms with Crippen molar-refractivity contribution in [2.24, 2.45) is 0 Å². The van der Waals surface area contributed by atoms with E-state index in [2.05, 4.69) is 36.4 Å². The summed E-state index contributed by atoms with van der Waals surface area (Å²) in [4.78, 5) is 0. The molecule has 0 saturated carbocycles. The summed E-state index contributed by atoms with van der Waals surface area (Å²) in [5.41, 5.74) is 7.45. The molecular weight excluding hydrogens is 544 g/mol. The van der Waals surface area contributed by atoms with Crippen molar-refractivity contribution in [3.8, 4) is 44.5 Å². The molecule has 0 aliphatic rings. The molecule has 8 aromatic carbocycles. The van der Waals surface area contributed by atoms with Crippen LogP contribution in [-0.4, -0.2) is 0 Å². The van der Waals surface area contributed by atoms with Crippen LogP contribution in [0.25, 0.3) is 88.0 Å².